The Morgan fingerprint density at radius 3 is 2.75 bits per heavy atom. The topological polar surface area (TPSA) is 71.9 Å². The van der Waals surface area contributed by atoms with Crippen molar-refractivity contribution in [3.63, 3.8) is 0 Å². The van der Waals surface area contributed by atoms with E-state index in [9.17, 15) is 4.79 Å². The van der Waals surface area contributed by atoms with E-state index in [1.54, 1.807) is 37.4 Å². The first kappa shape index (κ1) is 20.2. The number of guanidine groups is 1. The molecule has 1 fully saturated rings. The maximum absolute atomic E-state index is 12.7. The molecule has 6 nitrogen and oxygen atoms in total. The van der Waals surface area contributed by atoms with Crippen LogP contribution in [0.15, 0.2) is 47.5 Å². The number of nitrogens with one attached hydrogen (secondary N) is 2. The molecular formula is C21H24ClN3O3. The van der Waals surface area contributed by atoms with E-state index in [0.29, 0.717) is 34.5 Å². The van der Waals surface area contributed by atoms with Crippen LogP contribution in [0.1, 0.15) is 28.8 Å². The second-order valence-electron chi connectivity index (χ2n) is 6.61. The molecule has 7 heteroatoms. The number of methoxy groups -OCH3 is 1. The third-order valence-corrected chi connectivity index (χ3v) is 4.67. The monoisotopic (exact) mass is 401 g/mol. The number of aliphatic imine (C=N–C) groups is 1. The fourth-order valence-electron chi connectivity index (χ4n) is 2.88. The van der Waals surface area contributed by atoms with E-state index < -0.39 is 0 Å². The summed E-state index contributed by atoms with van der Waals surface area (Å²) in [6.07, 6.45) is 2.05. The van der Waals surface area contributed by atoms with E-state index in [1.165, 1.54) is 0 Å². The summed E-state index contributed by atoms with van der Waals surface area (Å²) in [6.45, 7) is 3.18. The highest BCUT2D eigenvalue weighted by Crippen LogP contribution is 2.27. The van der Waals surface area contributed by atoms with E-state index >= 15 is 0 Å². The lowest BCUT2D eigenvalue weighted by atomic mass is 10.1. The van der Waals surface area contributed by atoms with Crippen molar-refractivity contribution in [3.05, 3.63) is 58.6 Å². The average molecular weight is 402 g/mol. The third-order valence-electron chi connectivity index (χ3n) is 4.44. The predicted octanol–water partition coefficient (Wildman–Crippen LogP) is 4.03. The van der Waals surface area contributed by atoms with E-state index in [1.807, 2.05) is 19.1 Å². The van der Waals surface area contributed by atoms with Crippen molar-refractivity contribution >= 4 is 29.2 Å². The van der Waals surface area contributed by atoms with Gasteiger partial charge in [0.1, 0.15) is 5.75 Å². The number of hydrogen-bond acceptors (Lipinski definition) is 4. The first-order chi connectivity index (χ1) is 13.5. The molecule has 2 aromatic carbocycles. The molecule has 0 aliphatic carbocycles. The van der Waals surface area contributed by atoms with Crippen molar-refractivity contribution in [2.24, 2.45) is 4.99 Å². The van der Waals surface area contributed by atoms with Gasteiger partial charge in [-0.15, -0.1) is 0 Å². The van der Waals surface area contributed by atoms with Crippen LogP contribution in [0.4, 0.5) is 5.69 Å². The molecular weight excluding hydrogens is 378 g/mol. The van der Waals surface area contributed by atoms with Gasteiger partial charge in [-0.1, -0.05) is 29.3 Å². The molecule has 1 heterocycles. The van der Waals surface area contributed by atoms with Crippen LogP contribution in [0.5, 0.6) is 5.75 Å². The Morgan fingerprint density at radius 2 is 2.07 bits per heavy atom. The number of ether oxygens (including phenoxy) is 2. The SMILES string of the molecule is COc1ccc(Cl)cc1NC(=NC[C@H]1CCCO1)NC(=O)c1ccc(C)cc1. The Morgan fingerprint density at radius 1 is 1.29 bits per heavy atom. The molecule has 0 saturated carbocycles. The van der Waals surface area contributed by atoms with Gasteiger partial charge in [-0.05, 0) is 50.1 Å². The van der Waals surface area contributed by atoms with Crippen LogP contribution in [0.2, 0.25) is 5.02 Å². The summed E-state index contributed by atoms with van der Waals surface area (Å²) in [5.41, 5.74) is 2.26. The lowest BCUT2D eigenvalue weighted by molar-refractivity contribution is 0.0975. The Hall–Kier alpha value is -2.57. The average Bonchev–Trinajstić information content (AvgIpc) is 3.20. The largest absolute Gasteiger partial charge is 0.495 e. The van der Waals surface area contributed by atoms with E-state index in [4.69, 9.17) is 21.1 Å². The standard InChI is InChI=1S/C21H24ClN3O3/c1-14-5-7-15(8-6-14)20(26)25-21(23-13-17-4-3-11-28-17)24-18-12-16(22)9-10-19(18)27-2/h5-10,12,17H,3-4,11,13H2,1-2H3,(H2,23,24,25,26)/t17-/m1/s1. The quantitative estimate of drug-likeness (QED) is 0.586. The second-order valence-corrected chi connectivity index (χ2v) is 7.05. The molecule has 0 aromatic heterocycles. The zero-order chi connectivity index (χ0) is 19.9. The van der Waals surface area contributed by atoms with Crippen molar-refractivity contribution in [1.29, 1.82) is 0 Å². The number of carbonyl (C=O) groups is 1. The summed E-state index contributed by atoms with van der Waals surface area (Å²) >= 11 is 6.11. The number of benzene rings is 2. The summed E-state index contributed by atoms with van der Waals surface area (Å²) < 4.78 is 11.0. The summed E-state index contributed by atoms with van der Waals surface area (Å²) in [6, 6.07) is 12.6. The summed E-state index contributed by atoms with van der Waals surface area (Å²) in [4.78, 5) is 17.2. The molecule has 1 aliphatic heterocycles. The smallest absolute Gasteiger partial charge is 0.257 e. The van der Waals surface area contributed by atoms with Crippen molar-refractivity contribution in [1.82, 2.24) is 5.32 Å². The first-order valence-electron chi connectivity index (χ1n) is 9.20. The lowest BCUT2D eigenvalue weighted by Crippen LogP contribution is -2.36. The minimum Gasteiger partial charge on any atom is -0.495 e. The minimum absolute atomic E-state index is 0.0642. The normalized spacial score (nSPS) is 16.7. The molecule has 0 bridgehead atoms. The summed E-state index contributed by atoms with van der Waals surface area (Å²) in [7, 11) is 1.57. The Bertz CT molecular complexity index is 846. The molecule has 0 radical (unpaired) electrons. The number of anilines is 1. The van der Waals surface area contributed by atoms with Crippen molar-refractivity contribution in [3.8, 4) is 5.75 Å². The van der Waals surface area contributed by atoms with Crippen molar-refractivity contribution in [2.45, 2.75) is 25.9 Å². The molecule has 1 saturated heterocycles. The Labute approximate surface area is 169 Å². The van der Waals surface area contributed by atoms with Gasteiger partial charge < -0.3 is 14.8 Å². The molecule has 1 atom stereocenters. The van der Waals surface area contributed by atoms with Gasteiger partial charge in [-0.25, -0.2) is 4.99 Å². The van der Waals surface area contributed by atoms with Crippen LogP contribution in [0, 0.1) is 6.92 Å². The van der Waals surface area contributed by atoms with E-state index in [-0.39, 0.29) is 12.0 Å². The minimum atomic E-state index is -0.250. The first-order valence-corrected chi connectivity index (χ1v) is 9.57. The van der Waals surface area contributed by atoms with Crippen LogP contribution in [0.25, 0.3) is 0 Å². The van der Waals surface area contributed by atoms with Crippen LogP contribution < -0.4 is 15.4 Å². The van der Waals surface area contributed by atoms with Crippen LogP contribution in [-0.4, -0.2) is 38.2 Å². The molecule has 2 aromatic rings. The van der Waals surface area contributed by atoms with Gasteiger partial charge in [0, 0.05) is 17.2 Å². The fourth-order valence-corrected chi connectivity index (χ4v) is 3.05. The molecule has 148 valence electrons. The Kier molecular flexibility index (Phi) is 6.90. The number of halogens is 1. The molecule has 3 rings (SSSR count). The molecule has 2 N–H and O–H groups in total. The van der Waals surface area contributed by atoms with Crippen LogP contribution >= 0.6 is 11.6 Å². The van der Waals surface area contributed by atoms with Crippen LogP contribution in [-0.2, 0) is 4.74 Å². The number of rotatable bonds is 5. The number of amides is 1. The zero-order valence-electron chi connectivity index (χ0n) is 16.0. The van der Waals surface area contributed by atoms with Gasteiger partial charge in [0.25, 0.3) is 5.91 Å². The number of nitrogens with zero attached hydrogens (tertiary/aromatic N) is 1. The third kappa shape index (κ3) is 5.47. The van der Waals surface area contributed by atoms with Gasteiger partial charge in [0.15, 0.2) is 0 Å². The molecule has 1 aliphatic rings. The highest BCUT2D eigenvalue weighted by molar-refractivity contribution is 6.31. The van der Waals surface area contributed by atoms with Gasteiger partial charge in [-0.2, -0.15) is 0 Å². The van der Waals surface area contributed by atoms with Gasteiger partial charge in [0.05, 0.1) is 25.4 Å². The molecule has 28 heavy (non-hydrogen) atoms. The second kappa shape index (κ2) is 9.57. The number of hydrogen-bond donors (Lipinski definition) is 2. The maximum Gasteiger partial charge on any atom is 0.257 e. The molecule has 0 spiro atoms. The summed E-state index contributed by atoms with van der Waals surface area (Å²) in [5, 5.41) is 6.52. The number of carbonyl (C=O) groups excluding carboxylic acids is 1. The lowest BCUT2D eigenvalue weighted by Gasteiger charge is -2.15. The number of aryl methyl sites for hydroxylation is 1. The predicted molar refractivity (Wildman–Crippen MR) is 112 cm³/mol. The fraction of sp³-hybridized carbons (Fsp3) is 0.333. The summed E-state index contributed by atoms with van der Waals surface area (Å²) in [5.74, 6) is 0.667. The highest BCUT2D eigenvalue weighted by Gasteiger charge is 2.17. The Balaban J connectivity index is 1.80. The van der Waals surface area contributed by atoms with Crippen LogP contribution in [0.3, 0.4) is 0 Å². The zero-order valence-corrected chi connectivity index (χ0v) is 16.8. The van der Waals surface area contributed by atoms with Crippen molar-refractivity contribution < 1.29 is 14.3 Å². The molecule has 0 unspecified atom stereocenters. The van der Waals surface area contributed by atoms with Gasteiger partial charge >= 0.3 is 0 Å². The van der Waals surface area contributed by atoms with E-state index in [0.717, 1.165) is 25.0 Å². The van der Waals surface area contributed by atoms with Gasteiger partial charge in [0.2, 0.25) is 5.96 Å². The maximum atomic E-state index is 12.7. The van der Waals surface area contributed by atoms with E-state index in [2.05, 4.69) is 15.6 Å². The molecule has 1 amide bonds. The van der Waals surface area contributed by atoms with Crippen molar-refractivity contribution in [2.75, 3.05) is 25.6 Å². The highest BCUT2D eigenvalue weighted by atomic mass is 35.5. The van der Waals surface area contributed by atoms with Gasteiger partial charge in [-0.3, -0.25) is 10.1 Å².